The van der Waals surface area contributed by atoms with Crippen LogP contribution in [0.3, 0.4) is 0 Å². The first-order chi connectivity index (χ1) is 8.29. The summed E-state index contributed by atoms with van der Waals surface area (Å²) in [6, 6.07) is 6.70. The molecule has 18 heavy (non-hydrogen) atoms. The summed E-state index contributed by atoms with van der Waals surface area (Å²) in [7, 11) is -4.15. The van der Waals surface area contributed by atoms with Crippen LogP contribution >= 0.6 is 0 Å². The molecule has 0 aliphatic rings. The second-order valence-corrected chi connectivity index (χ2v) is 6.70. The SMILES string of the molecule is CCCCCC(C)(C)c1ccccc1S(=O)(=O)O. The van der Waals surface area contributed by atoms with Crippen LogP contribution in [0.5, 0.6) is 0 Å². The standard InChI is InChI=1S/C14H22O3S/c1-4-5-8-11-14(2,3)12-9-6-7-10-13(12)18(15,16)17/h6-7,9-10H,4-5,8,11H2,1-3H3,(H,15,16,17). The Labute approximate surface area is 110 Å². The van der Waals surface area contributed by atoms with E-state index in [1.54, 1.807) is 12.1 Å². The van der Waals surface area contributed by atoms with Crippen LogP contribution in [-0.4, -0.2) is 13.0 Å². The fraction of sp³-hybridized carbons (Fsp3) is 0.571. The first-order valence-corrected chi connectivity index (χ1v) is 7.80. The average molecular weight is 270 g/mol. The second-order valence-electron chi connectivity index (χ2n) is 5.31. The fourth-order valence-corrected chi connectivity index (χ4v) is 3.08. The Hall–Kier alpha value is -0.870. The molecule has 0 radical (unpaired) electrons. The van der Waals surface area contributed by atoms with Gasteiger partial charge >= 0.3 is 0 Å². The summed E-state index contributed by atoms with van der Waals surface area (Å²) in [4.78, 5) is 0.0338. The van der Waals surface area contributed by atoms with Crippen molar-refractivity contribution in [3.8, 4) is 0 Å². The quantitative estimate of drug-likeness (QED) is 0.632. The van der Waals surface area contributed by atoms with Gasteiger partial charge < -0.3 is 0 Å². The van der Waals surface area contributed by atoms with Gasteiger partial charge in [0.1, 0.15) is 0 Å². The van der Waals surface area contributed by atoms with Crippen molar-refractivity contribution < 1.29 is 13.0 Å². The molecule has 102 valence electrons. The molecule has 0 aliphatic heterocycles. The maximum absolute atomic E-state index is 11.4. The van der Waals surface area contributed by atoms with E-state index in [0.29, 0.717) is 5.56 Å². The number of benzene rings is 1. The molecule has 0 amide bonds. The van der Waals surface area contributed by atoms with Gasteiger partial charge in [-0.2, -0.15) is 8.42 Å². The zero-order chi connectivity index (χ0) is 13.8. The van der Waals surface area contributed by atoms with Gasteiger partial charge in [0.25, 0.3) is 10.1 Å². The van der Waals surface area contributed by atoms with Gasteiger partial charge in [0.2, 0.25) is 0 Å². The van der Waals surface area contributed by atoms with Gasteiger partial charge in [-0.3, -0.25) is 4.55 Å². The van der Waals surface area contributed by atoms with Crippen LogP contribution in [0.4, 0.5) is 0 Å². The molecule has 0 unspecified atom stereocenters. The lowest BCUT2D eigenvalue weighted by molar-refractivity contribution is 0.434. The monoisotopic (exact) mass is 270 g/mol. The van der Waals surface area contributed by atoms with E-state index in [-0.39, 0.29) is 10.3 Å². The van der Waals surface area contributed by atoms with Crippen molar-refractivity contribution in [2.45, 2.75) is 56.8 Å². The highest BCUT2D eigenvalue weighted by molar-refractivity contribution is 7.85. The van der Waals surface area contributed by atoms with Crippen LogP contribution in [0, 0.1) is 0 Å². The Kier molecular flexibility index (Phi) is 4.93. The molecule has 0 spiro atoms. The minimum atomic E-state index is -4.15. The average Bonchev–Trinajstić information content (AvgIpc) is 2.28. The van der Waals surface area contributed by atoms with E-state index in [1.165, 1.54) is 6.07 Å². The third-order valence-electron chi connectivity index (χ3n) is 3.30. The molecule has 0 bridgehead atoms. The van der Waals surface area contributed by atoms with Crippen molar-refractivity contribution in [3.05, 3.63) is 29.8 Å². The lowest BCUT2D eigenvalue weighted by Gasteiger charge is -2.27. The minimum absolute atomic E-state index is 0.0338. The predicted octanol–water partition coefficient (Wildman–Crippen LogP) is 3.79. The van der Waals surface area contributed by atoms with Crippen LogP contribution < -0.4 is 0 Å². The lowest BCUT2D eigenvalue weighted by atomic mass is 9.80. The molecule has 1 aromatic carbocycles. The third-order valence-corrected chi connectivity index (χ3v) is 4.21. The maximum atomic E-state index is 11.4. The van der Waals surface area contributed by atoms with E-state index in [1.807, 2.05) is 19.9 Å². The number of rotatable bonds is 6. The molecule has 0 saturated carbocycles. The Morgan fingerprint density at radius 3 is 2.33 bits per heavy atom. The van der Waals surface area contributed by atoms with Crippen molar-refractivity contribution in [3.63, 3.8) is 0 Å². The van der Waals surface area contributed by atoms with Gasteiger partial charge in [-0.05, 0) is 23.5 Å². The molecule has 0 saturated heterocycles. The summed E-state index contributed by atoms with van der Waals surface area (Å²) in [6.45, 7) is 6.18. The Morgan fingerprint density at radius 1 is 1.17 bits per heavy atom. The molecule has 0 aliphatic carbocycles. The first-order valence-electron chi connectivity index (χ1n) is 6.36. The van der Waals surface area contributed by atoms with E-state index in [0.717, 1.165) is 25.7 Å². The molecule has 0 heterocycles. The summed E-state index contributed by atoms with van der Waals surface area (Å²) in [6.07, 6.45) is 4.24. The van der Waals surface area contributed by atoms with Gasteiger partial charge in [-0.25, -0.2) is 0 Å². The van der Waals surface area contributed by atoms with Crippen LogP contribution in [0.15, 0.2) is 29.2 Å². The third kappa shape index (κ3) is 3.82. The van der Waals surface area contributed by atoms with E-state index < -0.39 is 10.1 Å². The van der Waals surface area contributed by atoms with Crippen LogP contribution in [-0.2, 0) is 15.5 Å². The molecule has 1 N–H and O–H groups in total. The summed E-state index contributed by atoms with van der Waals surface area (Å²) in [5, 5.41) is 0. The van der Waals surface area contributed by atoms with Crippen molar-refractivity contribution in [1.82, 2.24) is 0 Å². The Bertz CT molecular complexity index is 490. The number of unbranched alkanes of at least 4 members (excludes halogenated alkanes) is 2. The molecular formula is C14H22O3S. The maximum Gasteiger partial charge on any atom is 0.294 e. The van der Waals surface area contributed by atoms with Crippen molar-refractivity contribution in [1.29, 1.82) is 0 Å². The smallest absolute Gasteiger partial charge is 0.282 e. The van der Waals surface area contributed by atoms with Crippen LogP contribution in [0.25, 0.3) is 0 Å². The van der Waals surface area contributed by atoms with Gasteiger partial charge in [-0.15, -0.1) is 0 Å². The zero-order valence-corrected chi connectivity index (χ0v) is 12.1. The van der Waals surface area contributed by atoms with Crippen molar-refractivity contribution in [2.75, 3.05) is 0 Å². The van der Waals surface area contributed by atoms with Gasteiger partial charge in [0, 0.05) is 0 Å². The Balaban J connectivity index is 3.08. The summed E-state index contributed by atoms with van der Waals surface area (Å²) in [5.41, 5.74) is 0.449. The molecule has 0 aromatic heterocycles. The highest BCUT2D eigenvalue weighted by Gasteiger charge is 2.27. The number of hydrogen-bond acceptors (Lipinski definition) is 2. The zero-order valence-electron chi connectivity index (χ0n) is 11.3. The molecular weight excluding hydrogens is 248 g/mol. The Morgan fingerprint density at radius 2 is 1.78 bits per heavy atom. The normalized spacial score (nSPS) is 12.7. The molecule has 1 rings (SSSR count). The predicted molar refractivity (Wildman–Crippen MR) is 73.4 cm³/mol. The van der Waals surface area contributed by atoms with E-state index in [4.69, 9.17) is 0 Å². The van der Waals surface area contributed by atoms with Gasteiger partial charge in [0.05, 0.1) is 4.90 Å². The topological polar surface area (TPSA) is 54.4 Å². The molecule has 0 atom stereocenters. The van der Waals surface area contributed by atoms with E-state index >= 15 is 0 Å². The van der Waals surface area contributed by atoms with E-state index in [9.17, 15) is 13.0 Å². The molecule has 4 heteroatoms. The van der Waals surface area contributed by atoms with Gasteiger partial charge in [0.15, 0.2) is 0 Å². The highest BCUT2D eigenvalue weighted by Crippen LogP contribution is 2.33. The van der Waals surface area contributed by atoms with Crippen LogP contribution in [0.2, 0.25) is 0 Å². The number of hydrogen-bond donors (Lipinski definition) is 1. The van der Waals surface area contributed by atoms with E-state index in [2.05, 4.69) is 6.92 Å². The fourth-order valence-electron chi connectivity index (χ4n) is 2.20. The molecule has 1 aromatic rings. The molecule has 0 fully saturated rings. The lowest BCUT2D eigenvalue weighted by Crippen LogP contribution is -2.20. The molecule has 3 nitrogen and oxygen atoms in total. The van der Waals surface area contributed by atoms with Crippen molar-refractivity contribution >= 4 is 10.1 Å². The van der Waals surface area contributed by atoms with Crippen molar-refractivity contribution in [2.24, 2.45) is 0 Å². The van der Waals surface area contributed by atoms with Gasteiger partial charge in [-0.1, -0.05) is 58.2 Å². The highest BCUT2D eigenvalue weighted by atomic mass is 32.2. The summed E-state index contributed by atoms with van der Waals surface area (Å²) >= 11 is 0. The second kappa shape index (κ2) is 5.85. The summed E-state index contributed by atoms with van der Waals surface area (Å²) in [5.74, 6) is 0. The first kappa shape index (κ1) is 15.2. The minimum Gasteiger partial charge on any atom is -0.282 e. The summed E-state index contributed by atoms with van der Waals surface area (Å²) < 4.78 is 32.0. The van der Waals surface area contributed by atoms with Crippen LogP contribution in [0.1, 0.15) is 52.0 Å². The largest absolute Gasteiger partial charge is 0.294 e.